The van der Waals surface area contributed by atoms with Crippen molar-refractivity contribution in [2.24, 2.45) is 0 Å². The van der Waals surface area contributed by atoms with Crippen LogP contribution in [-0.4, -0.2) is 86.1 Å². The van der Waals surface area contributed by atoms with Gasteiger partial charge in [-0.1, -0.05) is 25.3 Å². The van der Waals surface area contributed by atoms with Crippen molar-refractivity contribution in [2.45, 2.75) is 44.1 Å². The fraction of sp³-hybridized carbons (Fsp3) is 0.560. The maximum atomic E-state index is 13.2. The molecule has 9 heteroatoms. The van der Waals surface area contributed by atoms with Gasteiger partial charge in [0.1, 0.15) is 29.3 Å². The summed E-state index contributed by atoms with van der Waals surface area (Å²) in [7, 11) is 6.46. The van der Waals surface area contributed by atoms with Gasteiger partial charge in [0.2, 0.25) is 5.91 Å². The van der Waals surface area contributed by atoms with Gasteiger partial charge in [-0.05, 0) is 24.8 Å². The van der Waals surface area contributed by atoms with Crippen molar-refractivity contribution in [2.75, 3.05) is 48.0 Å². The zero-order valence-corrected chi connectivity index (χ0v) is 20.4. The number of carbonyl (C=O) groups excluding carboxylic acids is 3. The molecular weight excluding hydrogens is 438 g/mol. The van der Waals surface area contributed by atoms with Crippen molar-refractivity contribution in [3.63, 3.8) is 0 Å². The Labute approximate surface area is 200 Å². The molecule has 0 N–H and O–H groups in total. The minimum atomic E-state index is -0.772. The van der Waals surface area contributed by atoms with Crippen LogP contribution in [0, 0.1) is 0 Å². The number of imide groups is 1. The molecule has 0 unspecified atom stereocenters. The van der Waals surface area contributed by atoms with Crippen LogP contribution in [0.3, 0.4) is 0 Å². The maximum Gasteiger partial charge on any atom is 0.327 e. The smallest absolute Gasteiger partial charge is 0.327 e. The highest BCUT2D eigenvalue weighted by atomic mass is 16.5. The Hall–Kier alpha value is -3.23. The van der Waals surface area contributed by atoms with Gasteiger partial charge in [-0.2, -0.15) is 0 Å². The molecule has 4 rings (SSSR count). The minimum absolute atomic E-state index is 0.220. The van der Waals surface area contributed by atoms with Crippen molar-refractivity contribution in [3.8, 4) is 17.2 Å². The lowest BCUT2D eigenvalue weighted by atomic mass is 9.81. The SMILES string of the molecule is COc1cc(OC)c(C2=CCN(C(=O)CN3C(=O)N(C)C4(CCCCC4)C3=O)CC2)c(OC)c1. The fourth-order valence-corrected chi connectivity index (χ4v) is 5.35. The molecule has 9 nitrogen and oxygen atoms in total. The number of hydrogen-bond acceptors (Lipinski definition) is 6. The van der Waals surface area contributed by atoms with Gasteiger partial charge in [0, 0.05) is 32.3 Å². The number of methoxy groups -OCH3 is 3. The predicted octanol–water partition coefficient (Wildman–Crippen LogP) is 2.93. The molecule has 1 aliphatic carbocycles. The van der Waals surface area contributed by atoms with Gasteiger partial charge < -0.3 is 24.0 Å². The van der Waals surface area contributed by atoms with E-state index in [1.807, 2.05) is 6.08 Å². The molecule has 1 aromatic rings. The summed E-state index contributed by atoms with van der Waals surface area (Å²) in [6.45, 7) is 0.631. The maximum absolute atomic E-state index is 13.2. The topological polar surface area (TPSA) is 88.6 Å². The number of likely N-dealkylation sites (N-methyl/N-ethyl adjacent to an activating group) is 1. The first-order valence-electron chi connectivity index (χ1n) is 11.7. The van der Waals surface area contributed by atoms with E-state index in [1.165, 1.54) is 0 Å². The Morgan fingerprint density at radius 3 is 2.18 bits per heavy atom. The fourth-order valence-electron chi connectivity index (χ4n) is 5.35. The first kappa shape index (κ1) is 23.9. The van der Waals surface area contributed by atoms with Gasteiger partial charge in [0.05, 0.1) is 26.9 Å². The number of carbonyl (C=O) groups is 3. The molecule has 0 atom stereocenters. The summed E-state index contributed by atoms with van der Waals surface area (Å²) < 4.78 is 16.5. The molecule has 1 saturated heterocycles. The highest BCUT2D eigenvalue weighted by Gasteiger charge is 2.56. The Bertz CT molecular complexity index is 989. The van der Waals surface area contributed by atoms with Gasteiger partial charge in [0.15, 0.2) is 0 Å². The quantitative estimate of drug-likeness (QED) is 0.593. The minimum Gasteiger partial charge on any atom is -0.496 e. The molecule has 3 aliphatic rings. The molecule has 34 heavy (non-hydrogen) atoms. The first-order valence-corrected chi connectivity index (χ1v) is 11.7. The number of nitrogens with zero attached hydrogens (tertiary/aromatic N) is 3. The van der Waals surface area contributed by atoms with E-state index in [-0.39, 0.29) is 24.4 Å². The van der Waals surface area contributed by atoms with Crippen molar-refractivity contribution in [3.05, 3.63) is 23.8 Å². The molecule has 1 saturated carbocycles. The van der Waals surface area contributed by atoms with Crippen molar-refractivity contribution in [1.82, 2.24) is 14.7 Å². The molecule has 1 spiro atoms. The van der Waals surface area contributed by atoms with E-state index in [0.717, 1.165) is 35.3 Å². The largest absolute Gasteiger partial charge is 0.496 e. The van der Waals surface area contributed by atoms with Gasteiger partial charge in [-0.25, -0.2) is 4.79 Å². The number of hydrogen-bond donors (Lipinski definition) is 0. The summed E-state index contributed by atoms with van der Waals surface area (Å²) >= 11 is 0. The molecule has 0 bridgehead atoms. The number of urea groups is 1. The predicted molar refractivity (Wildman–Crippen MR) is 126 cm³/mol. The average Bonchev–Trinajstić information content (AvgIpc) is 3.04. The van der Waals surface area contributed by atoms with Gasteiger partial charge in [-0.15, -0.1) is 0 Å². The van der Waals surface area contributed by atoms with E-state index < -0.39 is 5.54 Å². The monoisotopic (exact) mass is 471 g/mol. The van der Waals surface area contributed by atoms with Crippen LogP contribution in [0.25, 0.3) is 5.57 Å². The molecule has 184 valence electrons. The molecule has 2 fully saturated rings. The number of ether oxygens (including phenoxy) is 3. The lowest BCUT2D eigenvalue weighted by molar-refractivity contribution is -0.140. The summed E-state index contributed by atoms with van der Waals surface area (Å²) in [5.74, 6) is 1.44. The molecular formula is C25H33N3O6. The standard InChI is InChI=1S/C25H33N3O6/c1-26-24(31)28(23(30)25(26)10-6-5-7-11-25)16-21(29)27-12-8-17(9-13-27)22-19(33-3)14-18(32-2)15-20(22)34-4/h8,14-15H,5-7,9-13,16H2,1-4H3. The molecule has 4 amide bonds. The van der Waals surface area contributed by atoms with E-state index in [9.17, 15) is 14.4 Å². The summed E-state index contributed by atoms with van der Waals surface area (Å²) in [5.41, 5.74) is 1.07. The Morgan fingerprint density at radius 1 is 1.00 bits per heavy atom. The number of rotatable bonds is 6. The van der Waals surface area contributed by atoms with Crippen LogP contribution in [0.15, 0.2) is 18.2 Å². The average molecular weight is 472 g/mol. The third kappa shape index (κ3) is 3.97. The van der Waals surface area contributed by atoms with Crippen LogP contribution in [0.2, 0.25) is 0 Å². The first-order chi connectivity index (χ1) is 16.4. The normalized spacial score (nSPS) is 20.0. The third-order valence-corrected chi connectivity index (χ3v) is 7.38. The molecule has 2 aliphatic heterocycles. The molecule has 2 heterocycles. The van der Waals surface area contributed by atoms with E-state index in [2.05, 4.69) is 0 Å². The van der Waals surface area contributed by atoms with Crippen molar-refractivity contribution < 1.29 is 28.6 Å². The summed E-state index contributed by atoms with van der Waals surface area (Å²) in [6, 6.07) is 3.23. The van der Waals surface area contributed by atoms with Gasteiger partial charge in [-0.3, -0.25) is 14.5 Å². The Kier molecular flexibility index (Phi) is 6.72. The molecule has 1 aromatic carbocycles. The van der Waals surface area contributed by atoms with Crippen LogP contribution >= 0.6 is 0 Å². The van der Waals surface area contributed by atoms with E-state index in [0.29, 0.717) is 49.6 Å². The second-order valence-electron chi connectivity index (χ2n) is 9.05. The lowest BCUT2D eigenvalue weighted by Gasteiger charge is -2.35. The van der Waals surface area contributed by atoms with Crippen LogP contribution in [0.4, 0.5) is 4.79 Å². The second kappa shape index (κ2) is 9.56. The van der Waals surface area contributed by atoms with Crippen molar-refractivity contribution >= 4 is 23.4 Å². The number of benzene rings is 1. The lowest BCUT2D eigenvalue weighted by Crippen LogP contribution is -2.49. The third-order valence-electron chi connectivity index (χ3n) is 7.38. The highest BCUT2D eigenvalue weighted by Crippen LogP contribution is 2.41. The zero-order valence-electron chi connectivity index (χ0n) is 20.4. The van der Waals surface area contributed by atoms with Crippen LogP contribution in [-0.2, 0) is 9.59 Å². The van der Waals surface area contributed by atoms with Crippen molar-refractivity contribution in [1.29, 1.82) is 0 Å². The highest BCUT2D eigenvalue weighted by molar-refractivity contribution is 6.09. The zero-order chi connectivity index (χ0) is 24.5. The number of amides is 4. The van der Waals surface area contributed by atoms with Crippen LogP contribution < -0.4 is 14.2 Å². The molecule has 0 aromatic heterocycles. The van der Waals surface area contributed by atoms with Crippen LogP contribution in [0.1, 0.15) is 44.1 Å². The van der Waals surface area contributed by atoms with E-state index >= 15 is 0 Å². The van der Waals surface area contributed by atoms with E-state index in [4.69, 9.17) is 14.2 Å². The summed E-state index contributed by atoms with van der Waals surface area (Å²) in [6.07, 6.45) is 6.81. The second-order valence-corrected chi connectivity index (χ2v) is 9.05. The Morgan fingerprint density at radius 2 is 1.65 bits per heavy atom. The van der Waals surface area contributed by atoms with Gasteiger partial charge >= 0.3 is 6.03 Å². The van der Waals surface area contributed by atoms with Crippen LogP contribution in [0.5, 0.6) is 17.2 Å². The van der Waals surface area contributed by atoms with Gasteiger partial charge in [0.25, 0.3) is 5.91 Å². The van der Waals surface area contributed by atoms with E-state index in [1.54, 1.807) is 50.3 Å². The summed E-state index contributed by atoms with van der Waals surface area (Å²) in [5, 5.41) is 0. The Balaban J connectivity index is 1.48. The summed E-state index contributed by atoms with van der Waals surface area (Å²) in [4.78, 5) is 43.5. The molecule has 0 radical (unpaired) electrons.